The third-order valence-corrected chi connectivity index (χ3v) is 7.03. The number of nitrogens with one attached hydrogen (secondary N) is 1. The molecule has 0 radical (unpaired) electrons. The van der Waals surface area contributed by atoms with Gasteiger partial charge in [0.1, 0.15) is 12.1 Å². The number of fused-ring (bicyclic) bond motifs is 1. The summed E-state index contributed by atoms with van der Waals surface area (Å²) < 4.78 is 10.8. The summed E-state index contributed by atoms with van der Waals surface area (Å²) in [5.41, 5.74) is 5.33. The molecule has 0 saturated carbocycles. The van der Waals surface area contributed by atoms with Crippen molar-refractivity contribution in [3.63, 3.8) is 0 Å². The van der Waals surface area contributed by atoms with Crippen LogP contribution < -0.4 is 5.43 Å². The Morgan fingerprint density at radius 2 is 1.84 bits per heavy atom. The molecule has 4 rings (SSSR count). The van der Waals surface area contributed by atoms with Crippen molar-refractivity contribution in [2.75, 3.05) is 13.2 Å². The molecule has 1 aliphatic carbocycles. The van der Waals surface area contributed by atoms with E-state index in [1.807, 2.05) is 68.4 Å². The van der Waals surface area contributed by atoms with Gasteiger partial charge in [-0.25, -0.2) is 15.2 Å². The second-order valence-corrected chi connectivity index (χ2v) is 10.5. The maximum atomic E-state index is 14.2. The van der Waals surface area contributed by atoms with Gasteiger partial charge in [-0.2, -0.15) is 0 Å². The SMILES string of the molecule is CC(C)C[C@H](O)C[C@@H](Cc1ccccc1)C(=O)N(NC(=O)O[C@H]1CCOC1)[C@H]1c2ccccc2C[C@H]1O. The minimum Gasteiger partial charge on any atom is -0.442 e. The molecule has 0 spiro atoms. The first-order valence-electron chi connectivity index (χ1n) is 13.2. The summed E-state index contributed by atoms with van der Waals surface area (Å²) in [6, 6.07) is 16.4. The highest BCUT2D eigenvalue weighted by molar-refractivity contribution is 5.82. The molecule has 2 aromatic rings. The standard InChI is InChI=1S/C29H38N2O6/c1-19(2)14-23(32)16-22(15-20-8-4-3-5-9-20)28(34)31(30-29(35)37-24-12-13-36-18-24)27-25-11-7-6-10-21(25)17-26(27)33/h3-11,19,22-24,26-27,32-33H,12-18H2,1-2H3,(H,30,35)/t22-,23+,24+,26-,27+/m1/s1. The molecule has 2 aromatic carbocycles. The van der Waals surface area contributed by atoms with E-state index in [4.69, 9.17) is 9.47 Å². The van der Waals surface area contributed by atoms with Crippen LogP contribution in [-0.4, -0.2) is 58.7 Å². The first-order valence-corrected chi connectivity index (χ1v) is 13.2. The number of hydrogen-bond acceptors (Lipinski definition) is 6. The summed E-state index contributed by atoms with van der Waals surface area (Å²) in [6.07, 6.45) is -0.566. The molecule has 2 aliphatic rings. The Morgan fingerprint density at radius 3 is 2.54 bits per heavy atom. The number of aliphatic hydroxyl groups is 2. The predicted molar refractivity (Wildman–Crippen MR) is 138 cm³/mol. The van der Waals surface area contributed by atoms with Crippen molar-refractivity contribution in [3.8, 4) is 0 Å². The van der Waals surface area contributed by atoms with Gasteiger partial charge in [-0.05, 0) is 41.9 Å². The lowest BCUT2D eigenvalue weighted by molar-refractivity contribution is -0.145. The fourth-order valence-corrected chi connectivity index (χ4v) is 5.34. The molecule has 0 bridgehead atoms. The van der Waals surface area contributed by atoms with E-state index in [9.17, 15) is 19.8 Å². The van der Waals surface area contributed by atoms with E-state index in [2.05, 4.69) is 5.43 Å². The number of amides is 2. The Morgan fingerprint density at radius 1 is 1.11 bits per heavy atom. The van der Waals surface area contributed by atoms with Crippen LogP contribution in [0.25, 0.3) is 0 Å². The summed E-state index contributed by atoms with van der Waals surface area (Å²) in [4.78, 5) is 27.1. The second kappa shape index (κ2) is 12.5. The van der Waals surface area contributed by atoms with Crippen LogP contribution >= 0.6 is 0 Å². The molecule has 8 heteroatoms. The van der Waals surface area contributed by atoms with Gasteiger partial charge in [-0.1, -0.05) is 68.4 Å². The van der Waals surface area contributed by atoms with E-state index in [1.54, 1.807) is 0 Å². The average molecular weight is 511 g/mol. The van der Waals surface area contributed by atoms with Crippen LogP contribution in [0.3, 0.4) is 0 Å². The minimum atomic E-state index is -0.894. The zero-order chi connectivity index (χ0) is 26.4. The molecular formula is C29H38N2O6. The number of benzene rings is 2. The first-order chi connectivity index (χ1) is 17.8. The number of nitrogens with zero attached hydrogens (tertiary/aromatic N) is 1. The Balaban J connectivity index is 1.63. The summed E-state index contributed by atoms with van der Waals surface area (Å²) in [5.74, 6) is -0.720. The first kappa shape index (κ1) is 27.1. The number of hydrogen-bond donors (Lipinski definition) is 3. The molecule has 1 fully saturated rings. The quantitative estimate of drug-likeness (QED) is 0.445. The smallest absolute Gasteiger partial charge is 0.426 e. The van der Waals surface area contributed by atoms with Gasteiger partial charge in [-0.3, -0.25) is 4.79 Å². The second-order valence-electron chi connectivity index (χ2n) is 10.5. The van der Waals surface area contributed by atoms with Gasteiger partial charge in [0.15, 0.2) is 0 Å². The van der Waals surface area contributed by atoms with Gasteiger partial charge in [-0.15, -0.1) is 0 Å². The van der Waals surface area contributed by atoms with Crippen molar-refractivity contribution in [1.82, 2.24) is 10.4 Å². The summed E-state index contributed by atoms with van der Waals surface area (Å²) in [7, 11) is 0. The van der Waals surface area contributed by atoms with Gasteiger partial charge >= 0.3 is 6.09 Å². The number of rotatable bonds is 9. The molecule has 0 unspecified atom stereocenters. The van der Waals surface area contributed by atoms with Crippen molar-refractivity contribution >= 4 is 12.0 Å². The maximum Gasteiger partial charge on any atom is 0.426 e. The summed E-state index contributed by atoms with van der Waals surface area (Å²) in [5, 5.41) is 23.1. The van der Waals surface area contributed by atoms with Crippen LogP contribution in [0.4, 0.5) is 4.79 Å². The highest BCUT2D eigenvalue weighted by atomic mass is 16.6. The Hall–Kier alpha value is -2.94. The predicted octanol–water partition coefficient (Wildman–Crippen LogP) is 3.56. The third-order valence-electron chi connectivity index (χ3n) is 7.03. The largest absolute Gasteiger partial charge is 0.442 e. The molecule has 1 saturated heterocycles. The average Bonchev–Trinajstić information content (AvgIpc) is 3.48. The Kier molecular flexibility index (Phi) is 9.18. The van der Waals surface area contributed by atoms with Crippen molar-refractivity contribution < 1.29 is 29.3 Å². The van der Waals surface area contributed by atoms with Gasteiger partial charge in [0, 0.05) is 18.8 Å². The highest BCUT2D eigenvalue weighted by Gasteiger charge is 2.41. The number of aliphatic hydroxyl groups excluding tert-OH is 2. The van der Waals surface area contributed by atoms with Gasteiger partial charge in [0.05, 0.1) is 25.4 Å². The van der Waals surface area contributed by atoms with Gasteiger partial charge in [0.2, 0.25) is 5.91 Å². The molecule has 1 heterocycles. The van der Waals surface area contributed by atoms with Crippen molar-refractivity contribution in [2.24, 2.45) is 11.8 Å². The molecule has 5 atom stereocenters. The zero-order valence-corrected chi connectivity index (χ0v) is 21.6. The lowest BCUT2D eigenvalue weighted by Crippen LogP contribution is -2.53. The fraction of sp³-hybridized carbons (Fsp3) is 0.517. The summed E-state index contributed by atoms with van der Waals surface area (Å²) >= 11 is 0. The lowest BCUT2D eigenvalue weighted by atomic mass is 9.89. The van der Waals surface area contributed by atoms with Crippen LogP contribution in [-0.2, 0) is 27.1 Å². The third kappa shape index (κ3) is 7.09. The van der Waals surface area contributed by atoms with Crippen LogP contribution in [0.1, 0.15) is 55.8 Å². The Labute approximate surface area is 218 Å². The van der Waals surface area contributed by atoms with E-state index in [1.165, 1.54) is 5.01 Å². The maximum absolute atomic E-state index is 14.2. The molecule has 2 amide bonds. The van der Waals surface area contributed by atoms with E-state index < -0.39 is 30.3 Å². The van der Waals surface area contributed by atoms with Crippen LogP contribution in [0.2, 0.25) is 0 Å². The van der Waals surface area contributed by atoms with Crippen molar-refractivity contribution in [1.29, 1.82) is 0 Å². The van der Waals surface area contributed by atoms with Crippen LogP contribution in [0.5, 0.6) is 0 Å². The minimum absolute atomic E-state index is 0.236. The number of carbonyl (C=O) groups excluding carboxylic acids is 2. The van der Waals surface area contributed by atoms with Crippen molar-refractivity contribution in [3.05, 3.63) is 71.3 Å². The van der Waals surface area contributed by atoms with Gasteiger partial charge < -0.3 is 19.7 Å². The number of ether oxygens (including phenoxy) is 2. The molecule has 1 aliphatic heterocycles. The lowest BCUT2D eigenvalue weighted by Gasteiger charge is -2.35. The van der Waals surface area contributed by atoms with E-state index in [0.29, 0.717) is 38.9 Å². The van der Waals surface area contributed by atoms with Crippen LogP contribution in [0.15, 0.2) is 54.6 Å². The number of carbonyl (C=O) groups is 2. The fourth-order valence-electron chi connectivity index (χ4n) is 5.34. The van der Waals surface area contributed by atoms with Crippen LogP contribution in [0, 0.1) is 11.8 Å². The zero-order valence-electron chi connectivity index (χ0n) is 21.6. The molecule has 37 heavy (non-hydrogen) atoms. The van der Waals surface area contributed by atoms with Gasteiger partial charge in [0.25, 0.3) is 0 Å². The van der Waals surface area contributed by atoms with Crippen molar-refractivity contribution in [2.45, 2.75) is 70.3 Å². The van der Waals surface area contributed by atoms with E-state index in [0.717, 1.165) is 16.7 Å². The monoisotopic (exact) mass is 510 g/mol. The normalized spacial score (nSPS) is 22.4. The number of hydrazine groups is 1. The molecular weight excluding hydrogens is 472 g/mol. The molecule has 3 N–H and O–H groups in total. The van der Waals surface area contributed by atoms with E-state index in [-0.39, 0.29) is 24.3 Å². The molecule has 200 valence electrons. The summed E-state index contributed by atoms with van der Waals surface area (Å²) in [6.45, 7) is 4.88. The topological polar surface area (TPSA) is 108 Å². The molecule has 0 aromatic heterocycles. The highest BCUT2D eigenvalue weighted by Crippen LogP contribution is 2.36. The molecule has 8 nitrogen and oxygen atoms in total. The Bertz CT molecular complexity index is 1040. The van der Waals surface area contributed by atoms with E-state index >= 15 is 0 Å².